The summed E-state index contributed by atoms with van der Waals surface area (Å²) in [5, 5.41) is 12.1. The first-order chi connectivity index (χ1) is 10.5. The zero-order chi connectivity index (χ0) is 16.2. The zero-order valence-electron chi connectivity index (χ0n) is 13.4. The van der Waals surface area contributed by atoms with Gasteiger partial charge in [-0.2, -0.15) is 0 Å². The Morgan fingerprint density at radius 1 is 1.27 bits per heavy atom. The molecule has 1 aliphatic rings. The van der Waals surface area contributed by atoms with Crippen LogP contribution in [0.3, 0.4) is 0 Å². The molecule has 1 saturated carbocycles. The molecule has 2 rings (SSSR count). The van der Waals surface area contributed by atoms with Gasteiger partial charge >= 0.3 is 5.97 Å². The lowest BCUT2D eigenvalue weighted by Gasteiger charge is -2.35. The number of hydrogen-bond acceptors (Lipinski definition) is 2. The fourth-order valence-electron chi connectivity index (χ4n) is 3.26. The van der Waals surface area contributed by atoms with E-state index in [9.17, 15) is 9.59 Å². The third-order valence-corrected chi connectivity index (χ3v) is 4.98. The molecule has 1 aliphatic carbocycles. The highest BCUT2D eigenvalue weighted by Crippen LogP contribution is 2.40. The van der Waals surface area contributed by atoms with Crippen LogP contribution in [0.4, 0.5) is 5.69 Å². The number of rotatable bonds is 5. The smallest absolute Gasteiger partial charge is 0.310 e. The lowest BCUT2D eigenvalue weighted by Crippen LogP contribution is -2.37. The van der Waals surface area contributed by atoms with E-state index in [2.05, 4.69) is 12.2 Å². The maximum Gasteiger partial charge on any atom is 0.310 e. The molecule has 1 fully saturated rings. The topological polar surface area (TPSA) is 66.4 Å². The highest BCUT2D eigenvalue weighted by molar-refractivity contribution is 5.95. The molecule has 0 aromatic heterocycles. The lowest BCUT2D eigenvalue weighted by atomic mass is 9.71. The number of carbonyl (C=O) groups excluding carboxylic acids is 1. The summed E-state index contributed by atoms with van der Waals surface area (Å²) in [4.78, 5) is 23.8. The van der Waals surface area contributed by atoms with E-state index in [1.54, 1.807) is 25.1 Å². The average molecular weight is 303 g/mol. The Balaban J connectivity index is 2.14. The summed E-state index contributed by atoms with van der Waals surface area (Å²) < 4.78 is 0. The molecule has 0 heterocycles. The molecule has 2 N–H and O–H groups in total. The predicted molar refractivity (Wildman–Crippen MR) is 86.9 cm³/mol. The fourth-order valence-corrected chi connectivity index (χ4v) is 3.26. The molecule has 4 heteroatoms. The van der Waals surface area contributed by atoms with Gasteiger partial charge in [0.1, 0.15) is 0 Å². The molecule has 120 valence electrons. The molecule has 4 nitrogen and oxygen atoms in total. The molecule has 0 aliphatic heterocycles. The van der Waals surface area contributed by atoms with Crippen molar-refractivity contribution in [3.05, 3.63) is 29.8 Å². The SMILES string of the molecule is CCC1(C(=O)Nc2cccc(C(C)C(=O)O)c2)CCCCC1. The number of nitrogens with one attached hydrogen (secondary N) is 1. The highest BCUT2D eigenvalue weighted by Gasteiger charge is 2.37. The van der Waals surface area contributed by atoms with Crippen molar-refractivity contribution in [3.63, 3.8) is 0 Å². The number of hydrogen-bond donors (Lipinski definition) is 2. The van der Waals surface area contributed by atoms with Crippen LogP contribution >= 0.6 is 0 Å². The Kier molecular flexibility index (Phi) is 5.22. The third-order valence-electron chi connectivity index (χ3n) is 4.98. The molecule has 1 aromatic carbocycles. The molecule has 0 bridgehead atoms. The van der Waals surface area contributed by atoms with Crippen LogP contribution in [0.2, 0.25) is 0 Å². The first-order valence-corrected chi connectivity index (χ1v) is 8.13. The van der Waals surface area contributed by atoms with Crippen LogP contribution in [0.15, 0.2) is 24.3 Å². The number of anilines is 1. The highest BCUT2D eigenvalue weighted by atomic mass is 16.4. The number of carbonyl (C=O) groups is 2. The summed E-state index contributed by atoms with van der Waals surface area (Å²) in [6, 6.07) is 7.17. The summed E-state index contributed by atoms with van der Waals surface area (Å²) in [5.41, 5.74) is 1.14. The van der Waals surface area contributed by atoms with Crippen molar-refractivity contribution < 1.29 is 14.7 Å². The van der Waals surface area contributed by atoms with Crippen molar-refractivity contribution in [1.82, 2.24) is 0 Å². The summed E-state index contributed by atoms with van der Waals surface area (Å²) in [7, 11) is 0. The van der Waals surface area contributed by atoms with Gasteiger partial charge in [-0.3, -0.25) is 9.59 Å². The minimum absolute atomic E-state index is 0.0785. The van der Waals surface area contributed by atoms with Gasteiger partial charge in [0.15, 0.2) is 0 Å². The largest absolute Gasteiger partial charge is 0.481 e. The Bertz CT molecular complexity index is 547. The van der Waals surface area contributed by atoms with Gasteiger partial charge in [0, 0.05) is 11.1 Å². The Morgan fingerprint density at radius 3 is 2.55 bits per heavy atom. The standard InChI is InChI=1S/C18H25NO3/c1-3-18(10-5-4-6-11-18)17(22)19-15-9-7-8-14(12-15)13(2)16(20)21/h7-9,12-13H,3-6,10-11H2,1-2H3,(H,19,22)(H,20,21). The van der Waals surface area contributed by atoms with Gasteiger partial charge in [-0.1, -0.05) is 38.3 Å². The minimum Gasteiger partial charge on any atom is -0.481 e. The van der Waals surface area contributed by atoms with Crippen molar-refractivity contribution in [2.24, 2.45) is 5.41 Å². The van der Waals surface area contributed by atoms with Crippen LogP contribution in [0.5, 0.6) is 0 Å². The van der Waals surface area contributed by atoms with E-state index in [4.69, 9.17) is 5.11 Å². The van der Waals surface area contributed by atoms with Crippen molar-refractivity contribution in [2.45, 2.75) is 58.3 Å². The summed E-state index contributed by atoms with van der Waals surface area (Å²) in [5.74, 6) is -1.36. The molecule has 1 atom stereocenters. The predicted octanol–water partition coefficient (Wildman–Crippen LogP) is 4.17. The number of carboxylic acids is 1. The van der Waals surface area contributed by atoms with Crippen LogP contribution in [-0.4, -0.2) is 17.0 Å². The molecule has 0 saturated heterocycles. The second-order valence-electron chi connectivity index (χ2n) is 6.33. The van der Waals surface area contributed by atoms with E-state index < -0.39 is 11.9 Å². The number of carboxylic acid groups (broad SMARTS) is 1. The second kappa shape index (κ2) is 6.95. The van der Waals surface area contributed by atoms with Gasteiger partial charge in [0.05, 0.1) is 5.92 Å². The molecule has 22 heavy (non-hydrogen) atoms. The molecule has 1 unspecified atom stereocenters. The average Bonchev–Trinajstić information content (AvgIpc) is 2.54. The van der Waals surface area contributed by atoms with Gasteiger partial charge in [-0.25, -0.2) is 0 Å². The molecule has 0 radical (unpaired) electrons. The first-order valence-electron chi connectivity index (χ1n) is 8.13. The zero-order valence-corrected chi connectivity index (χ0v) is 13.4. The van der Waals surface area contributed by atoms with Crippen LogP contribution < -0.4 is 5.32 Å². The van der Waals surface area contributed by atoms with E-state index in [1.165, 1.54) is 6.42 Å². The lowest BCUT2D eigenvalue weighted by molar-refractivity contribution is -0.138. The van der Waals surface area contributed by atoms with E-state index in [0.29, 0.717) is 11.3 Å². The molecular weight excluding hydrogens is 278 g/mol. The van der Waals surface area contributed by atoms with E-state index in [-0.39, 0.29) is 11.3 Å². The number of benzene rings is 1. The first kappa shape index (κ1) is 16.5. The fraction of sp³-hybridized carbons (Fsp3) is 0.556. The minimum atomic E-state index is -0.860. The maximum absolute atomic E-state index is 12.7. The van der Waals surface area contributed by atoms with E-state index in [1.807, 2.05) is 6.07 Å². The van der Waals surface area contributed by atoms with Gasteiger partial charge in [0.2, 0.25) is 5.91 Å². The Hall–Kier alpha value is -1.84. The number of amides is 1. The van der Waals surface area contributed by atoms with Gasteiger partial charge in [-0.15, -0.1) is 0 Å². The second-order valence-corrected chi connectivity index (χ2v) is 6.33. The van der Waals surface area contributed by atoms with Crippen LogP contribution in [0, 0.1) is 5.41 Å². The third kappa shape index (κ3) is 3.49. The molecule has 0 spiro atoms. The normalized spacial score (nSPS) is 18.5. The maximum atomic E-state index is 12.7. The van der Waals surface area contributed by atoms with Crippen LogP contribution in [-0.2, 0) is 9.59 Å². The van der Waals surface area contributed by atoms with Crippen LogP contribution in [0.1, 0.15) is 63.9 Å². The molecular formula is C18H25NO3. The van der Waals surface area contributed by atoms with Crippen molar-refractivity contribution in [3.8, 4) is 0 Å². The number of aliphatic carboxylic acids is 1. The summed E-state index contributed by atoms with van der Waals surface area (Å²) in [6.45, 7) is 3.73. The quantitative estimate of drug-likeness (QED) is 0.857. The van der Waals surface area contributed by atoms with Crippen molar-refractivity contribution >= 4 is 17.6 Å². The van der Waals surface area contributed by atoms with E-state index in [0.717, 1.165) is 32.1 Å². The Morgan fingerprint density at radius 2 is 1.95 bits per heavy atom. The van der Waals surface area contributed by atoms with Crippen molar-refractivity contribution in [1.29, 1.82) is 0 Å². The van der Waals surface area contributed by atoms with Crippen molar-refractivity contribution in [2.75, 3.05) is 5.32 Å². The summed E-state index contributed by atoms with van der Waals surface area (Å²) >= 11 is 0. The van der Waals surface area contributed by atoms with Gasteiger partial charge in [-0.05, 0) is 43.9 Å². The molecule has 1 aromatic rings. The van der Waals surface area contributed by atoms with Gasteiger partial charge < -0.3 is 10.4 Å². The van der Waals surface area contributed by atoms with E-state index >= 15 is 0 Å². The Labute approximate surface area is 131 Å². The molecule has 1 amide bonds. The summed E-state index contributed by atoms with van der Waals surface area (Å²) in [6.07, 6.45) is 6.17. The van der Waals surface area contributed by atoms with Crippen LogP contribution in [0.25, 0.3) is 0 Å². The van der Waals surface area contributed by atoms with Gasteiger partial charge in [0.25, 0.3) is 0 Å². The monoisotopic (exact) mass is 303 g/mol.